The zero-order chi connectivity index (χ0) is 5.98. The molecule has 8 heavy (non-hydrogen) atoms. The zero-order valence-electron chi connectivity index (χ0n) is 5.02. The highest BCUT2D eigenvalue weighted by molar-refractivity contribution is 4.73. The molecule has 0 amide bonds. The summed E-state index contributed by atoms with van der Waals surface area (Å²) in [6, 6.07) is 0.402. The molecule has 3 heteroatoms. The fraction of sp³-hybridized carbons (Fsp3) is 1.00. The Labute approximate surface area is 49.1 Å². The first-order valence-electron chi connectivity index (χ1n) is 2.94. The Morgan fingerprint density at radius 2 is 2.25 bits per heavy atom. The monoisotopic (exact) mass is 116 g/mol. The highest BCUT2D eigenvalue weighted by Gasteiger charge is 2.12. The fourth-order valence-electron chi connectivity index (χ4n) is 0.883. The average Bonchev–Trinajstić information content (AvgIpc) is 1.64. The Kier molecular flexibility index (Phi) is 1.83. The van der Waals surface area contributed by atoms with E-state index in [-0.39, 0.29) is 6.23 Å². The summed E-state index contributed by atoms with van der Waals surface area (Å²) in [5, 5.41) is 14.9. The molecule has 1 aliphatic rings. The minimum atomic E-state index is -0.348. The summed E-state index contributed by atoms with van der Waals surface area (Å²) in [6.45, 7) is 3.66. The summed E-state index contributed by atoms with van der Waals surface area (Å²) in [5.74, 6) is 0. The molecule has 0 bridgehead atoms. The third-order valence-electron chi connectivity index (χ3n) is 1.27. The largest absolute Gasteiger partial charge is 0.377 e. The number of hydrogen-bond donors (Lipinski definition) is 3. The van der Waals surface area contributed by atoms with Gasteiger partial charge in [0, 0.05) is 19.1 Å². The molecule has 2 atom stereocenters. The molecule has 2 unspecified atom stereocenters. The Bertz CT molecular complexity index is 68.8. The van der Waals surface area contributed by atoms with E-state index in [1.54, 1.807) is 0 Å². The van der Waals surface area contributed by atoms with Crippen LogP contribution in [0.3, 0.4) is 0 Å². The predicted molar refractivity (Wildman–Crippen MR) is 31.5 cm³/mol. The van der Waals surface area contributed by atoms with Crippen molar-refractivity contribution >= 4 is 0 Å². The molecule has 0 radical (unpaired) electrons. The molecular weight excluding hydrogens is 104 g/mol. The van der Waals surface area contributed by atoms with E-state index >= 15 is 0 Å². The SMILES string of the molecule is CC1CNCC(O)N1. The normalized spacial score (nSPS) is 39.8. The van der Waals surface area contributed by atoms with Crippen molar-refractivity contribution in [3.8, 4) is 0 Å². The van der Waals surface area contributed by atoms with Crippen molar-refractivity contribution in [3.63, 3.8) is 0 Å². The minimum Gasteiger partial charge on any atom is -0.377 e. The Balaban J connectivity index is 2.23. The van der Waals surface area contributed by atoms with Gasteiger partial charge in [-0.05, 0) is 6.92 Å². The van der Waals surface area contributed by atoms with Crippen LogP contribution < -0.4 is 10.6 Å². The highest BCUT2D eigenvalue weighted by Crippen LogP contribution is 1.87. The quantitative estimate of drug-likeness (QED) is 0.376. The maximum Gasteiger partial charge on any atom is 0.117 e. The molecule has 0 aliphatic carbocycles. The smallest absolute Gasteiger partial charge is 0.117 e. The van der Waals surface area contributed by atoms with Crippen LogP contribution in [-0.2, 0) is 0 Å². The van der Waals surface area contributed by atoms with Gasteiger partial charge >= 0.3 is 0 Å². The van der Waals surface area contributed by atoms with E-state index in [0.717, 1.165) is 6.54 Å². The molecule has 1 fully saturated rings. The van der Waals surface area contributed by atoms with E-state index in [1.165, 1.54) is 0 Å². The number of nitrogens with one attached hydrogen (secondary N) is 2. The number of aliphatic hydroxyl groups is 1. The third-order valence-corrected chi connectivity index (χ3v) is 1.27. The maximum absolute atomic E-state index is 8.91. The van der Waals surface area contributed by atoms with Gasteiger partial charge in [0.15, 0.2) is 0 Å². The van der Waals surface area contributed by atoms with Crippen LogP contribution in [0.15, 0.2) is 0 Å². The van der Waals surface area contributed by atoms with Gasteiger partial charge in [-0.25, -0.2) is 0 Å². The lowest BCUT2D eigenvalue weighted by atomic mass is 10.2. The molecule has 0 aromatic heterocycles. The minimum absolute atomic E-state index is 0.348. The van der Waals surface area contributed by atoms with Gasteiger partial charge in [-0.3, -0.25) is 5.32 Å². The van der Waals surface area contributed by atoms with E-state index < -0.39 is 0 Å². The van der Waals surface area contributed by atoms with Crippen molar-refractivity contribution in [1.82, 2.24) is 10.6 Å². The zero-order valence-corrected chi connectivity index (χ0v) is 5.02. The summed E-state index contributed by atoms with van der Waals surface area (Å²) in [7, 11) is 0. The van der Waals surface area contributed by atoms with Crippen molar-refractivity contribution < 1.29 is 5.11 Å². The molecule has 3 nitrogen and oxygen atoms in total. The van der Waals surface area contributed by atoms with Crippen molar-refractivity contribution in [2.75, 3.05) is 13.1 Å². The van der Waals surface area contributed by atoms with Crippen LogP contribution in [0.4, 0.5) is 0 Å². The summed E-state index contributed by atoms with van der Waals surface area (Å²) >= 11 is 0. The van der Waals surface area contributed by atoms with Gasteiger partial charge in [-0.1, -0.05) is 0 Å². The number of rotatable bonds is 0. The van der Waals surface area contributed by atoms with E-state index in [4.69, 9.17) is 5.11 Å². The van der Waals surface area contributed by atoms with Gasteiger partial charge in [0.2, 0.25) is 0 Å². The van der Waals surface area contributed by atoms with E-state index in [1.807, 2.05) is 6.92 Å². The second-order valence-electron chi connectivity index (χ2n) is 2.24. The molecule has 0 aromatic carbocycles. The average molecular weight is 116 g/mol. The molecule has 0 saturated carbocycles. The Morgan fingerprint density at radius 1 is 1.50 bits per heavy atom. The van der Waals surface area contributed by atoms with Crippen molar-refractivity contribution in [1.29, 1.82) is 0 Å². The standard InChI is InChI=1S/C5H12N2O/c1-4-2-6-3-5(8)7-4/h4-8H,2-3H2,1H3. The van der Waals surface area contributed by atoms with Crippen molar-refractivity contribution in [2.45, 2.75) is 19.2 Å². The van der Waals surface area contributed by atoms with Crippen molar-refractivity contribution in [3.05, 3.63) is 0 Å². The van der Waals surface area contributed by atoms with Crippen LogP contribution in [0, 0.1) is 0 Å². The molecule has 48 valence electrons. The van der Waals surface area contributed by atoms with Crippen molar-refractivity contribution in [2.24, 2.45) is 0 Å². The highest BCUT2D eigenvalue weighted by atomic mass is 16.3. The first kappa shape index (κ1) is 6.01. The van der Waals surface area contributed by atoms with Gasteiger partial charge in [0.25, 0.3) is 0 Å². The molecule has 0 spiro atoms. The van der Waals surface area contributed by atoms with E-state index in [9.17, 15) is 0 Å². The Hall–Kier alpha value is -0.120. The number of piperazine rings is 1. The summed E-state index contributed by atoms with van der Waals surface area (Å²) in [4.78, 5) is 0. The van der Waals surface area contributed by atoms with Crippen LogP contribution in [0.5, 0.6) is 0 Å². The van der Waals surface area contributed by atoms with Gasteiger partial charge in [0.1, 0.15) is 6.23 Å². The molecular formula is C5H12N2O. The molecule has 1 heterocycles. The van der Waals surface area contributed by atoms with Gasteiger partial charge in [-0.15, -0.1) is 0 Å². The van der Waals surface area contributed by atoms with Crippen LogP contribution in [0.1, 0.15) is 6.92 Å². The van der Waals surface area contributed by atoms with Crippen LogP contribution in [-0.4, -0.2) is 30.5 Å². The van der Waals surface area contributed by atoms with Gasteiger partial charge in [-0.2, -0.15) is 0 Å². The third kappa shape index (κ3) is 1.43. The number of aliphatic hydroxyl groups excluding tert-OH is 1. The lowest BCUT2D eigenvalue weighted by Gasteiger charge is -2.25. The molecule has 1 aliphatic heterocycles. The predicted octanol–water partition coefficient (Wildman–Crippen LogP) is -1.11. The molecule has 1 saturated heterocycles. The number of β-amino-alcohol motifs (C(OH)–C–C–N with tert-alkyl or cyclic N) is 1. The van der Waals surface area contributed by atoms with Crippen LogP contribution >= 0.6 is 0 Å². The van der Waals surface area contributed by atoms with E-state index in [0.29, 0.717) is 12.6 Å². The molecule has 1 rings (SSSR count). The lowest BCUT2D eigenvalue weighted by molar-refractivity contribution is 0.102. The summed E-state index contributed by atoms with van der Waals surface area (Å²) in [5.41, 5.74) is 0. The summed E-state index contributed by atoms with van der Waals surface area (Å²) < 4.78 is 0. The Morgan fingerprint density at radius 3 is 2.62 bits per heavy atom. The van der Waals surface area contributed by atoms with Gasteiger partial charge in [0.05, 0.1) is 0 Å². The maximum atomic E-state index is 8.91. The second kappa shape index (κ2) is 2.44. The molecule has 3 N–H and O–H groups in total. The van der Waals surface area contributed by atoms with Gasteiger partial charge < -0.3 is 10.4 Å². The molecule has 0 aromatic rings. The van der Waals surface area contributed by atoms with Crippen LogP contribution in [0.2, 0.25) is 0 Å². The number of hydrogen-bond acceptors (Lipinski definition) is 3. The topological polar surface area (TPSA) is 44.3 Å². The summed E-state index contributed by atoms with van der Waals surface area (Å²) in [6.07, 6.45) is -0.348. The lowest BCUT2D eigenvalue weighted by Crippen LogP contribution is -2.53. The first-order chi connectivity index (χ1) is 3.79. The first-order valence-corrected chi connectivity index (χ1v) is 2.94. The van der Waals surface area contributed by atoms with E-state index in [2.05, 4.69) is 10.6 Å². The van der Waals surface area contributed by atoms with Crippen LogP contribution in [0.25, 0.3) is 0 Å². The fourth-order valence-corrected chi connectivity index (χ4v) is 0.883. The second-order valence-corrected chi connectivity index (χ2v) is 2.24.